The van der Waals surface area contributed by atoms with Crippen LogP contribution in [-0.4, -0.2) is 43.3 Å². The van der Waals surface area contributed by atoms with Gasteiger partial charge in [0, 0.05) is 5.56 Å². The second-order valence-corrected chi connectivity index (χ2v) is 7.15. The number of allylic oxidation sites excluding steroid dienone is 1. The molecule has 0 fully saturated rings. The van der Waals surface area contributed by atoms with Gasteiger partial charge in [0.2, 0.25) is 0 Å². The van der Waals surface area contributed by atoms with Crippen LogP contribution in [0.25, 0.3) is 5.57 Å². The highest BCUT2D eigenvalue weighted by molar-refractivity contribution is 6.39. The van der Waals surface area contributed by atoms with Gasteiger partial charge in [-0.2, -0.15) is 5.10 Å². The van der Waals surface area contributed by atoms with E-state index in [1.54, 1.807) is 6.07 Å². The Morgan fingerprint density at radius 3 is 2.43 bits per heavy atom. The molecule has 8 heteroatoms. The Hall–Kier alpha value is -3.16. The molecule has 0 aromatic heterocycles. The van der Waals surface area contributed by atoms with Crippen molar-refractivity contribution in [1.29, 1.82) is 0 Å². The predicted molar refractivity (Wildman–Crippen MR) is 106 cm³/mol. The number of hydrogen-bond donors (Lipinski definition) is 2. The number of nitrogens with one attached hydrogen (secondary N) is 2. The second-order valence-electron chi connectivity index (χ2n) is 7.15. The van der Waals surface area contributed by atoms with Crippen molar-refractivity contribution in [3.63, 3.8) is 0 Å². The van der Waals surface area contributed by atoms with Crippen LogP contribution < -0.4 is 10.7 Å². The Balaban J connectivity index is 2.38. The zero-order valence-electron chi connectivity index (χ0n) is 16.9. The molecule has 0 atom stereocenters. The van der Waals surface area contributed by atoms with Crippen LogP contribution in [0, 0.1) is 6.92 Å². The molecular weight excluding hydrogens is 362 g/mol. The summed E-state index contributed by atoms with van der Waals surface area (Å²) in [5.41, 5.74) is 5.73. The lowest BCUT2D eigenvalue weighted by molar-refractivity contribution is -0.140. The Kier molecular flexibility index (Phi) is 6.23. The zero-order chi connectivity index (χ0) is 21.1. The van der Waals surface area contributed by atoms with Crippen molar-refractivity contribution in [3.8, 4) is 0 Å². The number of carbonyl (C=O) groups excluding carboxylic acids is 3. The molecule has 0 spiro atoms. The molecule has 1 aliphatic heterocycles. The third-order valence-corrected chi connectivity index (χ3v) is 4.23. The number of nitrogens with zero attached hydrogens (tertiary/aromatic N) is 1. The van der Waals surface area contributed by atoms with Crippen molar-refractivity contribution in [2.24, 2.45) is 5.10 Å². The van der Waals surface area contributed by atoms with E-state index >= 15 is 0 Å². The second kappa shape index (κ2) is 8.24. The molecule has 0 saturated carbocycles. The van der Waals surface area contributed by atoms with Gasteiger partial charge in [-0.05, 0) is 51.0 Å². The molecule has 0 radical (unpaired) electrons. The molecule has 1 amide bonds. The number of aryl methyl sites for hydroxylation is 1. The van der Waals surface area contributed by atoms with Gasteiger partial charge in [-0.1, -0.05) is 6.08 Å². The Bertz CT molecular complexity index is 884. The Morgan fingerprint density at radius 1 is 1.14 bits per heavy atom. The number of benzene rings is 1. The molecule has 0 saturated heterocycles. The minimum atomic E-state index is -0.824. The van der Waals surface area contributed by atoms with E-state index in [4.69, 9.17) is 0 Å². The summed E-state index contributed by atoms with van der Waals surface area (Å²) >= 11 is 0. The smallest absolute Gasteiger partial charge is 0.354 e. The fraction of sp³-hybridized carbons (Fsp3) is 0.400. The first-order valence-corrected chi connectivity index (χ1v) is 8.72. The van der Waals surface area contributed by atoms with Gasteiger partial charge >= 0.3 is 11.9 Å². The van der Waals surface area contributed by atoms with E-state index in [-0.39, 0.29) is 11.3 Å². The van der Waals surface area contributed by atoms with Gasteiger partial charge in [0.05, 0.1) is 37.4 Å². The fourth-order valence-electron chi connectivity index (χ4n) is 3.05. The van der Waals surface area contributed by atoms with Gasteiger partial charge in [-0.15, -0.1) is 0 Å². The molecule has 28 heavy (non-hydrogen) atoms. The van der Waals surface area contributed by atoms with E-state index in [1.807, 2.05) is 33.8 Å². The third kappa shape index (κ3) is 4.76. The topological polar surface area (TPSA) is 106 Å². The largest absolute Gasteiger partial charge is 0.469 e. The number of carbonyl (C=O) groups is 3. The van der Waals surface area contributed by atoms with Crippen LogP contribution in [0.5, 0.6) is 0 Å². The maximum atomic E-state index is 12.8. The van der Waals surface area contributed by atoms with Crippen molar-refractivity contribution < 1.29 is 23.9 Å². The lowest BCUT2D eigenvalue weighted by Crippen LogP contribution is -2.34. The maximum absolute atomic E-state index is 12.8. The molecule has 2 rings (SSSR count). The first-order chi connectivity index (χ1) is 13.1. The monoisotopic (exact) mass is 387 g/mol. The van der Waals surface area contributed by atoms with E-state index in [9.17, 15) is 14.4 Å². The summed E-state index contributed by atoms with van der Waals surface area (Å²) in [7, 11) is 2.35. The standard InChI is InChI=1S/C20H25N3O5/c1-11-7-13-12(2)10-20(3,4)21-17(13)14(8-11)18(25)23-22-15(19(26)28-6)9-16(24)27-5/h7-8,10,21H,9H2,1-6H3,(H,23,25)/b22-15+. The molecule has 0 aliphatic carbocycles. The van der Waals surface area contributed by atoms with Gasteiger partial charge in [0.1, 0.15) is 0 Å². The number of hydrogen-bond acceptors (Lipinski definition) is 7. The summed E-state index contributed by atoms with van der Waals surface area (Å²) in [6.07, 6.45) is 1.68. The predicted octanol–water partition coefficient (Wildman–Crippen LogP) is 2.42. The molecule has 1 heterocycles. The lowest BCUT2D eigenvalue weighted by atomic mass is 9.88. The summed E-state index contributed by atoms with van der Waals surface area (Å²) in [6.45, 7) is 7.90. The molecule has 1 aromatic carbocycles. The third-order valence-electron chi connectivity index (χ3n) is 4.23. The highest BCUT2D eigenvalue weighted by Crippen LogP contribution is 2.36. The van der Waals surface area contributed by atoms with Gasteiger partial charge in [0.25, 0.3) is 5.91 Å². The van der Waals surface area contributed by atoms with Gasteiger partial charge in [-0.25, -0.2) is 10.2 Å². The molecule has 0 unspecified atom stereocenters. The molecular formula is C20H25N3O5. The van der Waals surface area contributed by atoms with Crippen molar-refractivity contribution in [2.45, 2.75) is 39.7 Å². The zero-order valence-corrected chi connectivity index (χ0v) is 16.9. The van der Waals surface area contributed by atoms with Crippen LogP contribution in [0.4, 0.5) is 5.69 Å². The summed E-state index contributed by atoms with van der Waals surface area (Å²) in [6, 6.07) is 3.74. The summed E-state index contributed by atoms with van der Waals surface area (Å²) in [4.78, 5) is 36.1. The average Bonchev–Trinajstić information content (AvgIpc) is 2.63. The normalized spacial score (nSPS) is 14.9. The van der Waals surface area contributed by atoms with E-state index in [0.717, 1.165) is 23.8 Å². The minimum Gasteiger partial charge on any atom is -0.469 e. The van der Waals surface area contributed by atoms with E-state index < -0.39 is 24.3 Å². The van der Waals surface area contributed by atoms with Crippen LogP contribution in [0.3, 0.4) is 0 Å². The van der Waals surface area contributed by atoms with Crippen LogP contribution in [0.2, 0.25) is 0 Å². The number of esters is 2. The van der Waals surface area contributed by atoms with Crippen molar-refractivity contribution in [1.82, 2.24) is 5.43 Å². The minimum absolute atomic E-state index is 0.256. The van der Waals surface area contributed by atoms with E-state index in [0.29, 0.717) is 11.3 Å². The van der Waals surface area contributed by atoms with Gasteiger partial charge in [-0.3, -0.25) is 9.59 Å². The number of hydrazone groups is 1. The van der Waals surface area contributed by atoms with Crippen molar-refractivity contribution >= 4 is 34.8 Å². The number of rotatable bonds is 5. The number of amides is 1. The van der Waals surface area contributed by atoms with Crippen LogP contribution in [-0.2, 0) is 19.1 Å². The van der Waals surface area contributed by atoms with E-state index in [2.05, 4.69) is 31.4 Å². The van der Waals surface area contributed by atoms with Crippen LogP contribution >= 0.6 is 0 Å². The van der Waals surface area contributed by atoms with Gasteiger partial charge in [0.15, 0.2) is 5.71 Å². The van der Waals surface area contributed by atoms with Crippen LogP contribution in [0.15, 0.2) is 23.3 Å². The molecule has 1 aromatic rings. The summed E-state index contributed by atoms with van der Waals surface area (Å²) < 4.78 is 9.13. The van der Waals surface area contributed by atoms with Crippen molar-refractivity contribution in [2.75, 3.05) is 19.5 Å². The Labute approximate surface area is 164 Å². The summed E-state index contributed by atoms with van der Waals surface area (Å²) in [5, 5.41) is 7.15. The quantitative estimate of drug-likeness (QED) is 0.457. The molecule has 150 valence electrons. The van der Waals surface area contributed by atoms with Crippen molar-refractivity contribution in [3.05, 3.63) is 34.9 Å². The molecule has 8 nitrogen and oxygen atoms in total. The lowest BCUT2D eigenvalue weighted by Gasteiger charge is -2.33. The number of anilines is 1. The highest BCUT2D eigenvalue weighted by atomic mass is 16.5. The Morgan fingerprint density at radius 2 is 1.82 bits per heavy atom. The molecule has 0 bridgehead atoms. The molecule has 2 N–H and O–H groups in total. The maximum Gasteiger partial charge on any atom is 0.354 e. The SMILES string of the molecule is COC(=O)C/C(=N\NC(=O)c1cc(C)cc2c1NC(C)(C)C=C2C)C(=O)OC. The number of fused-ring (bicyclic) bond motifs is 1. The number of methoxy groups -OCH3 is 2. The highest BCUT2D eigenvalue weighted by Gasteiger charge is 2.27. The molecule has 1 aliphatic rings. The van der Waals surface area contributed by atoms with Gasteiger partial charge < -0.3 is 14.8 Å². The number of ether oxygens (including phenoxy) is 2. The average molecular weight is 387 g/mol. The first kappa shape index (κ1) is 21.1. The van der Waals surface area contributed by atoms with E-state index in [1.165, 1.54) is 7.11 Å². The summed E-state index contributed by atoms with van der Waals surface area (Å²) in [5.74, 6) is -2.00. The van der Waals surface area contributed by atoms with Crippen LogP contribution in [0.1, 0.15) is 48.7 Å². The fourth-order valence-corrected chi connectivity index (χ4v) is 3.05. The first-order valence-electron chi connectivity index (χ1n) is 8.72.